The molecule has 0 radical (unpaired) electrons. The first kappa shape index (κ1) is 12.0. The van der Waals surface area contributed by atoms with Crippen molar-refractivity contribution in [3.05, 3.63) is 29.6 Å². The Morgan fingerprint density at radius 3 is 2.73 bits per heavy atom. The Labute approximate surface area is 93.9 Å². The number of carboxylic acid groups (broad SMARTS) is 1. The smallest absolute Gasteiger partial charge is 0.354 e. The molecule has 0 bridgehead atoms. The molecule has 15 heavy (non-hydrogen) atoms. The minimum absolute atomic E-state index is 0.113. The van der Waals surface area contributed by atoms with Crippen LogP contribution in [0.15, 0.2) is 18.3 Å². The van der Waals surface area contributed by atoms with Gasteiger partial charge in [0.25, 0.3) is 0 Å². The Morgan fingerprint density at radius 1 is 1.53 bits per heavy atom. The SMILES string of the molecule is CC(C)(C)SCc1ccnc(C(=O)O)c1. The number of carboxylic acids is 1. The predicted molar refractivity (Wildman–Crippen MR) is 62.2 cm³/mol. The number of pyridine rings is 1. The van der Waals surface area contributed by atoms with Crippen LogP contribution in [0.1, 0.15) is 36.8 Å². The van der Waals surface area contributed by atoms with Gasteiger partial charge in [-0.3, -0.25) is 0 Å². The molecular weight excluding hydrogens is 210 g/mol. The Hall–Kier alpha value is -1.03. The lowest BCUT2D eigenvalue weighted by Gasteiger charge is -2.17. The zero-order chi connectivity index (χ0) is 11.5. The van der Waals surface area contributed by atoms with Gasteiger partial charge in [-0.25, -0.2) is 9.78 Å². The highest BCUT2D eigenvalue weighted by Gasteiger charge is 2.11. The summed E-state index contributed by atoms with van der Waals surface area (Å²) in [4.78, 5) is 14.5. The van der Waals surface area contributed by atoms with E-state index in [2.05, 4.69) is 25.8 Å². The zero-order valence-corrected chi connectivity index (χ0v) is 9.97. The molecule has 0 saturated carbocycles. The molecule has 1 N–H and O–H groups in total. The topological polar surface area (TPSA) is 50.2 Å². The van der Waals surface area contributed by atoms with Crippen molar-refractivity contribution in [2.24, 2.45) is 0 Å². The van der Waals surface area contributed by atoms with Crippen molar-refractivity contribution in [3.63, 3.8) is 0 Å². The van der Waals surface area contributed by atoms with E-state index in [-0.39, 0.29) is 10.4 Å². The van der Waals surface area contributed by atoms with Gasteiger partial charge in [0.1, 0.15) is 5.69 Å². The van der Waals surface area contributed by atoms with Gasteiger partial charge in [0, 0.05) is 16.7 Å². The third kappa shape index (κ3) is 4.34. The molecule has 0 aliphatic carbocycles. The fourth-order valence-corrected chi connectivity index (χ4v) is 1.76. The van der Waals surface area contributed by atoms with Crippen LogP contribution in [0, 0.1) is 0 Å². The average molecular weight is 225 g/mol. The molecule has 1 aromatic heterocycles. The summed E-state index contributed by atoms with van der Waals surface area (Å²) in [6.07, 6.45) is 1.54. The zero-order valence-electron chi connectivity index (χ0n) is 9.15. The lowest BCUT2D eigenvalue weighted by atomic mass is 10.2. The summed E-state index contributed by atoms with van der Waals surface area (Å²) in [5.41, 5.74) is 1.12. The highest BCUT2D eigenvalue weighted by molar-refractivity contribution is 7.99. The van der Waals surface area contributed by atoms with Gasteiger partial charge in [-0.05, 0) is 17.7 Å². The molecule has 0 unspecified atom stereocenters. The van der Waals surface area contributed by atoms with Crippen molar-refractivity contribution < 1.29 is 9.90 Å². The van der Waals surface area contributed by atoms with Gasteiger partial charge in [-0.15, -0.1) is 0 Å². The molecule has 0 amide bonds. The molecule has 0 fully saturated rings. The second kappa shape index (κ2) is 4.66. The Balaban J connectivity index is 2.70. The summed E-state index contributed by atoms with van der Waals surface area (Å²) < 4.78 is 0.187. The van der Waals surface area contributed by atoms with Crippen molar-refractivity contribution in [1.29, 1.82) is 0 Å². The quantitative estimate of drug-likeness (QED) is 0.859. The van der Waals surface area contributed by atoms with Crippen LogP contribution in [0.25, 0.3) is 0 Å². The molecule has 0 aromatic carbocycles. The van der Waals surface area contributed by atoms with E-state index in [0.717, 1.165) is 11.3 Å². The molecule has 4 heteroatoms. The molecule has 82 valence electrons. The van der Waals surface area contributed by atoms with Crippen LogP contribution in [0.5, 0.6) is 0 Å². The second-order valence-electron chi connectivity index (χ2n) is 4.26. The predicted octanol–water partition coefficient (Wildman–Crippen LogP) is 2.81. The average Bonchev–Trinajstić information content (AvgIpc) is 2.14. The maximum Gasteiger partial charge on any atom is 0.354 e. The number of hydrogen-bond acceptors (Lipinski definition) is 3. The van der Waals surface area contributed by atoms with Gasteiger partial charge < -0.3 is 5.11 Å². The molecule has 0 aliphatic rings. The fraction of sp³-hybridized carbons (Fsp3) is 0.455. The van der Waals surface area contributed by atoms with E-state index < -0.39 is 5.97 Å². The van der Waals surface area contributed by atoms with Gasteiger partial charge >= 0.3 is 5.97 Å². The lowest BCUT2D eigenvalue weighted by Crippen LogP contribution is -2.08. The molecule has 1 aromatic rings. The Bertz CT molecular complexity index is 358. The van der Waals surface area contributed by atoms with Crippen LogP contribution in [0.3, 0.4) is 0 Å². The number of thioether (sulfide) groups is 1. The van der Waals surface area contributed by atoms with Crippen molar-refractivity contribution in [2.75, 3.05) is 0 Å². The summed E-state index contributed by atoms with van der Waals surface area (Å²) in [5, 5.41) is 8.77. The number of hydrogen-bond donors (Lipinski definition) is 1. The number of carbonyl (C=O) groups is 1. The number of aromatic nitrogens is 1. The van der Waals surface area contributed by atoms with Gasteiger partial charge in [-0.2, -0.15) is 11.8 Å². The van der Waals surface area contributed by atoms with E-state index in [1.807, 2.05) is 6.07 Å². The van der Waals surface area contributed by atoms with E-state index in [0.29, 0.717) is 0 Å². The Morgan fingerprint density at radius 2 is 2.20 bits per heavy atom. The van der Waals surface area contributed by atoms with Crippen molar-refractivity contribution in [3.8, 4) is 0 Å². The second-order valence-corrected chi connectivity index (χ2v) is 6.06. The molecule has 0 atom stereocenters. The summed E-state index contributed by atoms with van der Waals surface area (Å²) in [7, 11) is 0. The van der Waals surface area contributed by atoms with Crippen LogP contribution < -0.4 is 0 Å². The van der Waals surface area contributed by atoms with Crippen LogP contribution in [-0.2, 0) is 5.75 Å². The molecule has 0 saturated heterocycles. The minimum atomic E-state index is -0.974. The Kier molecular flexibility index (Phi) is 3.74. The number of nitrogens with zero attached hydrogens (tertiary/aromatic N) is 1. The first-order valence-corrected chi connectivity index (χ1v) is 5.69. The molecular formula is C11H15NO2S. The van der Waals surface area contributed by atoms with Crippen molar-refractivity contribution in [1.82, 2.24) is 4.98 Å². The standard InChI is InChI=1S/C11H15NO2S/c1-11(2,3)15-7-8-4-5-12-9(6-8)10(13)14/h4-6H,7H2,1-3H3,(H,13,14). The van der Waals surface area contributed by atoms with Crippen molar-refractivity contribution >= 4 is 17.7 Å². The maximum atomic E-state index is 10.7. The first-order valence-electron chi connectivity index (χ1n) is 4.71. The summed E-state index contributed by atoms with van der Waals surface area (Å²) in [6, 6.07) is 3.48. The van der Waals surface area contributed by atoms with Crippen LogP contribution >= 0.6 is 11.8 Å². The molecule has 1 heterocycles. The van der Waals surface area contributed by atoms with E-state index in [1.54, 1.807) is 24.0 Å². The highest BCUT2D eigenvalue weighted by Crippen LogP contribution is 2.26. The largest absolute Gasteiger partial charge is 0.477 e. The van der Waals surface area contributed by atoms with E-state index in [1.165, 1.54) is 0 Å². The number of aromatic carboxylic acids is 1. The first-order chi connectivity index (χ1) is 6.88. The minimum Gasteiger partial charge on any atom is -0.477 e. The molecule has 0 spiro atoms. The van der Waals surface area contributed by atoms with E-state index in [4.69, 9.17) is 5.11 Å². The van der Waals surface area contributed by atoms with Gasteiger partial charge in [0.2, 0.25) is 0 Å². The van der Waals surface area contributed by atoms with Gasteiger partial charge in [-0.1, -0.05) is 20.8 Å². The lowest BCUT2D eigenvalue weighted by molar-refractivity contribution is 0.0690. The summed E-state index contributed by atoms with van der Waals surface area (Å²) in [5.74, 6) is -0.163. The summed E-state index contributed by atoms with van der Waals surface area (Å²) in [6.45, 7) is 6.41. The third-order valence-corrected chi connectivity index (χ3v) is 3.06. The van der Waals surface area contributed by atoms with E-state index in [9.17, 15) is 4.79 Å². The highest BCUT2D eigenvalue weighted by atomic mass is 32.2. The van der Waals surface area contributed by atoms with Gasteiger partial charge in [0.15, 0.2) is 0 Å². The van der Waals surface area contributed by atoms with Crippen molar-refractivity contribution in [2.45, 2.75) is 31.3 Å². The molecule has 3 nitrogen and oxygen atoms in total. The van der Waals surface area contributed by atoms with Gasteiger partial charge in [0.05, 0.1) is 0 Å². The van der Waals surface area contributed by atoms with Crippen LogP contribution in [0.4, 0.5) is 0 Å². The van der Waals surface area contributed by atoms with E-state index >= 15 is 0 Å². The fourth-order valence-electron chi connectivity index (χ4n) is 0.981. The summed E-state index contributed by atoms with van der Waals surface area (Å²) >= 11 is 1.79. The van der Waals surface area contributed by atoms with Crippen LogP contribution in [-0.4, -0.2) is 20.8 Å². The van der Waals surface area contributed by atoms with Crippen LogP contribution in [0.2, 0.25) is 0 Å². The molecule has 0 aliphatic heterocycles. The molecule has 1 rings (SSSR count). The number of rotatable bonds is 3. The maximum absolute atomic E-state index is 10.7. The third-order valence-electron chi connectivity index (χ3n) is 1.72. The normalized spacial score (nSPS) is 11.4. The monoisotopic (exact) mass is 225 g/mol.